The normalized spacial score (nSPS) is 13.0. The zero-order valence-corrected chi connectivity index (χ0v) is 15.5. The van der Waals surface area contributed by atoms with E-state index in [0.29, 0.717) is 0 Å². The van der Waals surface area contributed by atoms with E-state index in [1.165, 1.54) is 77.0 Å². The summed E-state index contributed by atoms with van der Waals surface area (Å²) in [5, 5.41) is 0. The maximum atomic E-state index is 5.73. The van der Waals surface area contributed by atoms with Crippen LogP contribution in [0.5, 0.6) is 0 Å². The number of hydrogen-bond donors (Lipinski definition) is 0. The molecule has 0 saturated heterocycles. The predicted molar refractivity (Wildman–Crippen MR) is 95.9 cm³/mol. The second-order valence-electron chi connectivity index (χ2n) is 6.94. The van der Waals surface area contributed by atoms with Crippen molar-refractivity contribution in [2.45, 2.75) is 105 Å². The van der Waals surface area contributed by atoms with Crippen molar-refractivity contribution in [3.05, 3.63) is 0 Å². The number of hydrogen-bond acceptors (Lipinski definition) is 1. The third kappa shape index (κ3) is 14.7. The molecule has 0 aromatic carbocycles. The van der Waals surface area contributed by atoms with E-state index in [9.17, 15) is 0 Å². The number of unbranched alkanes of at least 4 members (excludes halogenated alkanes) is 3. The SMILES string of the molecule is CCCCCCOCCCC(C)CCC(CCC)CCC. The van der Waals surface area contributed by atoms with Crippen molar-refractivity contribution in [3.63, 3.8) is 0 Å². The number of rotatable bonds is 16. The van der Waals surface area contributed by atoms with Crippen LogP contribution >= 0.6 is 0 Å². The van der Waals surface area contributed by atoms with Crippen LogP contribution in [-0.4, -0.2) is 13.2 Å². The molecule has 128 valence electrons. The van der Waals surface area contributed by atoms with E-state index in [0.717, 1.165) is 25.0 Å². The molecule has 0 bridgehead atoms. The molecule has 1 unspecified atom stereocenters. The van der Waals surface area contributed by atoms with Crippen LogP contribution in [0.15, 0.2) is 0 Å². The van der Waals surface area contributed by atoms with E-state index in [4.69, 9.17) is 4.74 Å². The highest BCUT2D eigenvalue weighted by atomic mass is 16.5. The van der Waals surface area contributed by atoms with Crippen molar-refractivity contribution in [2.75, 3.05) is 13.2 Å². The van der Waals surface area contributed by atoms with Gasteiger partial charge >= 0.3 is 0 Å². The summed E-state index contributed by atoms with van der Waals surface area (Å²) in [5.41, 5.74) is 0. The lowest BCUT2D eigenvalue weighted by molar-refractivity contribution is 0.122. The van der Waals surface area contributed by atoms with E-state index in [-0.39, 0.29) is 0 Å². The average molecular weight is 299 g/mol. The molecule has 0 aliphatic carbocycles. The van der Waals surface area contributed by atoms with Crippen LogP contribution in [0.4, 0.5) is 0 Å². The van der Waals surface area contributed by atoms with Gasteiger partial charge in [-0.15, -0.1) is 0 Å². The molecular formula is C20H42O. The molecule has 0 rings (SSSR count). The van der Waals surface area contributed by atoms with Gasteiger partial charge in [-0.05, 0) is 31.1 Å². The van der Waals surface area contributed by atoms with Crippen molar-refractivity contribution in [1.29, 1.82) is 0 Å². The highest BCUT2D eigenvalue weighted by Gasteiger charge is 2.09. The molecule has 0 radical (unpaired) electrons. The summed E-state index contributed by atoms with van der Waals surface area (Å²) in [6.45, 7) is 11.3. The van der Waals surface area contributed by atoms with Gasteiger partial charge in [-0.1, -0.05) is 85.5 Å². The largest absolute Gasteiger partial charge is 0.381 e. The van der Waals surface area contributed by atoms with Gasteiger partial charge in [-0.3, -0.25) is 0 Å². The summed E-state index contributed by atoms with van der Waals surface area (Å²) in [7, 11) is 0. The summed E-state index contributed by atoms with van der Waals surface area (Å²) in [6, 6.07) is 0. The predicted octanol–water partition coefficient (Wildman–Crippen LogP) is 7.00. The van der Waals surface area contributed by atoms with Gasteiger partial charge in [-0.2, -0.15) is 0 Å². The number of ether oxygens (including phenoxy) is 1. The highest BCUT2D eigenvalue weighted by Crippen LogP contribution is 2.23. The fraction of sp³-hybridized carbons (Fsp3) is 1.00. The van der Waals surface area contributed by atoms with Crippen molar-refractivity contribution >= 4 is 0 Å². The maximum Gasteiger partial charge on any atom is 0.0466 e. The minimum absolute atomic E-state index is 0.880. The standard InChI is InChI=1S/C20H42O/c1-5-8-9-10-17-21-18-11-14-19(4)15-16-20(12-6-2)13-7-3/h19-20H,5-18H2,1-4H3. The van der Waals surface area contributed by atoms with Crippen molar-refractivity contribution in [2.24, 2.45) is 11.8 Å². The first kappa shape index (κ1) is 21.0. The molecule has 0 aromatic heterocycles. The molecule has 0 aliphatic heterocycles. The Balaban J connectivity index is 3.42. The van der Waals surface area contributed by atoms with Crippen molar-refractivity contribution < 1.29 is 4.74 Å². The fourth-order valence-electron chi connectivity index (χ4n) is 3.18. The lowest BCUT2D eigenvalue weighted by Gasteiger charge is -2.18. The zero-order chi connectivity index (χ0) is 15.8. The monoisotopic (exact) mass is 298 g/mol. The van der Waals surface area contributed by atoms with Crippen LogP contribution in [0.1, 0.15) is 105 Å². The Labute approximate surface area is 135 Å². The van der Waals surface area contributed by atoms with Gasteiger partial charge in [0.1, 0.15) is 0 Å². The molecule has 0 aliphatic rings. The van der Waals surface area contributed by atoms with Gasteiger partial charge in [0.2, 0.25) is 0 Å². The van der Waals surface area contributed by atoms with E-state index in [1.807, 2.05) is 0 Å². The van der Waals surface area contributed by atoms with Crippen LogP contribution in [0.25, 0.3) is 0 Å². The van der Waals surface area contributed by atoms with E-state index >= 15 is 0 Å². The summed E-state index contributed by atoms with van der Waals surface area (Å²) >= 11 is 0. The summed E-state index contributed by atoms with van der Waals surface area (Å²) in [4.78, 5) is 0. The molecule has 0 N–H and O–H groups in total. The molecule has 1 nitrogen and oxygen atoms in total. The lowest BCUT2D eigenvalue weighted by atomic mass is 9.89. The van der Waals surface area contributed by atoms with Gasteiger partial charge in [0.25, 0.3) is 0 Å². The van der Waals surface area contributed by atoms with E-state index in [2.05, 4.69) is 27.7 Å². The van der Waals surface area contributed by atoms with Crippen LogP contribution in [0, 0.1) is 11.8 Å². The van der Waals surface area contributed by atoms with Gasteiger partial charge < -0.3 is 4.74 Å². The van der Waals surface area contributed by atoms with Gasteiger partial charge in [-0.25, -0.2) is 0 Å². The first-order chi connectivity index (χ1) is 10.2. The quantitative estimate of drug-likeness (QED) is 0.279. The molecule has 0 fully saturated rings. The molecule has 0 amide bonds. The Bertz CT molecular complexity index is 184. The molecule has 1 atom stereocenters. The summed E-state index contributed by atoms with van der Waals surface area (Å²) in [5.74, 6) is 1.86. The lowest BCUT2D eigenvalue weighted by Crippen LogP contribution is -2.05. The Kier molecular flexibility index (Phi) is 16.3. The average Bonchev–Trinajstić information content (AvgIpc) is 2.48. The molecule has 0 spiro atoms. The van der Waals surface area contributed by atoms with Crippen LogP contribution in [-0.2, 0) is 4.74 Å². The molecule has 1 heteroatoms. The van der Waals surface area contributed by atoms with Crippen LogP contribution < -0.4 is 0 Å². The molecule has 21 heavy (non-hydrogen) atoms. The van der Waals surface area contributed by atoms with E-state index < -0.39 is 0 Å². The van der Waals surface area contributed by atoms with Gasteiger partial charge in [0, 0.05) is 13.2 Å². The molecular weight excluding hydrogens is 256 g/mol. The first-order valence-electron chi connectivity index (χ1n) is 9.82. The van der Waals surface area contributed by atoms with Crippen LogP contribution in [0.3, 0.4) is 0 Å². The first-order valence-corrected chi connectivity index (χ1v) is 9.82. The zero-order valence-electron chi connectivity index (χ0n) is 15.5. The Hall–Kier alpha value is -0.0400. The molecule has 0 aromatic rings. The Morgan fingerprint density at radius 2 is 1.29 bits per heavy atom. The van der Waals surface area contributed by atoms with Gasteiger partial charge in [0.05, 0.1) is 0 Å². The fourth-order valence-corrected chi connectivity index (χ4v) is 3.18. The summed E-state index contributed by atoms with van der Waals surface area (Å²) < 4.78 is 5.73. The van der Waals surface area contributed by atoms with Crippen molar-refractivity contribution in [1.82, 2.24) is 0 Å². The minimum Gasteiger partial charge on any atom is -0.381 e. The van der Waals surface area contributed by atoms with E-state index in [1.54, 1.807) is 0 Å². The van der Waals surface area contributed by atoms with Crippen LogP contribution in [0.2, 0.25) is 0 Å². The molecule has 0 saturated carbocycles. The summed E-state index contributed by atoms with van der Waals surface area (Å²) in [6.07, 6.45) is 16.3. The minimum atomic E-state index is 0.880. The topological polar surface area (TPSA) is 9.23 Å². The Morgan fingerprint density at radius 3 is 1.90 bits per heavy atom. The second-order valence-corrected chi connectivity index (χ2v) is 6.94. The third-order valence-corrected chi connectivity index (χ3v) is 4.59. The Morgan fingerprint density at radius 1 is 0.619 bits per heavy atom. The van der Waals surface area contributed by atoms with Crippen molar-refractivity contribution in [3.8, 4) is 0 Å². The third-order valence-electron chi connectivity index (χ3n) is 4.59. The highest BCUT2D eigenvalue weighted by molar-refractivity contribution is 4.62. The smallest absolute Gasteiger partial charge is 0.0466 e. The maximum absolute atomic E-state index is 5.73. The molecule has 0 heterocycles. The second kappa shape index (κ2) is 16.3. The van der Waals surface area contributed by atoms with Gasteiger partial charge in [0.15, 0.2) is 0 Å².